The first-order valence-corrected chi connectivity index (χ1v) is 10.4. The lowest BCUT2D eigenvalue weighted by Crippen LogP contribution is -2.14. The molecule has 0 fully saturated rings. The molecule has 1 amide bonds. The Morgan fingerprint density at radius 2 is 1.97 bits per heavy atom. The SMILES string of the molecule is COc1cccc(-c2csc(-c3cc(NC(=O)c4ccccc4Br)n(C)n3)n2)c1. The van der Waals surface area contributed by atoms with E-state index in [-0.39, 0.29) is 5.91 Å². The van der Waals surface area contributed by atoms with E-state index in [1.165, 1.54) is 11.3 Å². The number of hydrogen-bond acceptors (Lipinski definition) is 5. The van der Waals surface area contributed by atoms with Gasteiger partial charge in [0.2, 0.25) is 0 Å². The van der Waals surface area contributed by atoms with E-state index in [0.29, 0.717) is 17.1 Å². The highest BCUT2D eigenvalue weighted by molar-refractivity contribution is 9.10. The van der Waals surface area contributed by atoms with E-state index in [2.05, 4.69) is 26.3 Å². The Kier molecular flexibility index (Phi) is 5.46. The maximum Gasteiger partial charge on any atom is 0.257 e. The molecule has 0 spiro atoms. The highest BCUT2D eigenvalue weighted by atomic mass is 79.9. The Morgan fingerprint density at radius 1 is 1.14 bits per heavy atom. The van der Waals surface area contributed by atoms with Crippen molar-refractivity contribution in [2.24, 2.45) is 7.05 Å². The number of methoxy groups -OCH3 is 1. The van der Waals surface area contributed by atoms with Crippen molar-refractivity contribution < 1.29 is 9.53 Å². The minimum atomic E-state index is -0.205. The zero-order chi connectivity index (χ0) is 20.4. The van der Waals surface area contributed by atoms with Gasteiger partial charge < -0.3 is 10.1 Å². The number of benzene rings is 2. The first-order valence-electron chi connectivity index (χ1n) is 8.75. The van der Waals surface area contributed by atoms with Crippen LogP contribution in [0.2, 0.25) is 0 Å². The first-order chi connectivity index (χ1) is 14.0. The van der Waals surface area contributed by atoms with E-state index in [1.807, 2.05) is 53.9 Å². The van der Waals surface area contributed by atoms with Gasteiger partial charge in [-0.05, 0) is 40.2 Å². The van der Waals surface area contributed by atoms with Crippen LogP contribution >= 0.6 is 27.3 Å². The van der Waals surface area contributed by atoms with Gasteiger partial charge in [-0.3, -0.25) is 9.48 Å². The molecule has 2 aromatic carbocycles. The third kappa shape index (κ3) is 4.08. The summed E-state index contributed by atoms with van der Waals surface area (Å²) in [6, 6.07) is 16.9. The molecular formula is C21H17BrN4O2S. The van der Waals surface area contributed by atoms with Crippen LogP contribution in [0.25, 0.3) is 22.0 Å². The van der Waals surface area contributed by atoms with Gasteiger partial charge in [0.05, 0.1) is 18.4 Å². The molecule has 1 N–H and O–H groups in total. The summed E-state index contributed by atoms with van der Waals surface area (Å²) in [7, 11) is 3.43. The number of aryl methyl sites for hydroxylation is 1. The third-order valence-electron chi connectivity index (χ3n) is 4.33. The van der Waals surface area contributed by atoms with Crippen molar-refractivity contribution >= 4 is 39.0 Å². The highest BCUT2D eigenvalue weighted by Gasteiger charge is 2.16. The van der Waals surface area contributed by atoms with E-state index < -0.39 is 0 Å². The molecule has 0 radical (unpaired) electrons. The number of nitrogens with zero attached hydrogens (tertiary/aromatic N) is 3. The summed E-state index contributed by atoms with van der Waals surface area (Å²) in [4.78, 5) is 17.3. The largest absolute Gasteiger partial charge is 0.497 e. The van der Waals surface area contributed by atoms with Gasteiger partial charge in [-0.25, -0.2) is 4.98 Å². The second-order valence-corrected chi connectivity index (χ2v) is 7.95. The van der Waals surface area contributed by atoms with Crippen LogP contribution in [0.1, 0.15) is 10.4 Å². The number of carbonyl (C=O) groups excluding carboxylic acids is 1. The summed E-state index contributed by atoms with van der Waals surface area (Å²) < 4.78 is 7.66. The number of anilines is 1. The van der Waals surface area contributed by atoms with Crippen LogP contribution in [-0.2, 0) is 7.05 Å². The van der Waals surface area contributed by atoms with E-state index in [9.17, 15) is 4.79 Å². The van der Waals surface area contributed by atoms with Crippen molar-refractivity contribution in [1.29, 1.82) is 0 Å². The molecule has 4 rings (SSSR count). The van der Waals surface area contributed by atoms with Gasteiger partial charge in [0, 0.05) is 28.5 Å². The molecule has 0 aliphatic heterocycles. The molecule has 8 heteroatoms. The lowest BCUT2D eigenvalue weighted by atomic mass is 10.2. The predicted octanol–water partition coefficient (Wildman–Crippen LogP) is 5.23. The molecule has 29 heavy (non-hydrogen) atoms. The van der Waals surface area contributed by atoms with E-state index in [1.54, 1.807) is 24.9 Å². The Hall–Kier alpha value is -2.97. The van der Waals surface area contributed by atoms with Crippen molar-refractivity contribution in [2.75, 3.05) is 12.4 Å². The van der Waals surface area contributed by atoms with Gasteiger partial charge in [0.1, 0.15) is 22.3 Å². The minimum Gasteiger partial charge on any atom is -0.497 e. The lowest BCUT2D eigenvalue weighted by Gasteiger charge is -2.06. The molecule has 0 aliphatic rings. The smallest absolute Gasteiger partial charge is 0.257 e. The number of nitrogens with one attached hydrogen (secondary N) is 1. The number of aromatic nitrogens is 3. The van der Waals surface area contributed by atoms with E-state index in [4.69, 9.17) is 9.72 Å². The van der Waals surface area contributed by atoms with Gasteiger partial charge in [0.25, 0.3) is 5.91 Å². The minimum absolute atomic E-state index is 0.205. The van der Waals surface area contributed by atoms with Crippen molar-refractivity contribution in [3.8, 4) is 27.7 Å². The van der Waals surface area contributed by atoms with Crippen molar-refractivity contribution in [3.05, 3.63) is 70.0 Å². The molecule has 146 valence electrons. The Balaban J connectivity index is 1.58. The number of halogens is 1. The Bertz CT molecular complexity index is 1180. The average molecular weight is 469 g/mol. The molecular weight excluding hydrogens is 452 g/mol. The monoisotopic (exact) mass is 468 g/mol. The molecule has 0 atom stereocenters. The van der Waals surface area contributed by atoms with Crippen LogP contribution in [0, 0.1) is 0 Å². The number of amides is 1. The molecule has 0 unspecified atom stereocenters. The second-order valence-electron chi connectivity index (χ2n) is 6.24. The summed E-state index contributed by atoms with van der Waals surface area (Å²) in [5.74, 6) is 1.18. The number of ether oxygens (including phenoxy) is 1. The normalized spacial score (nSPS) is 10.7. The van der Waals surface area contributed by atoms with Crippen molar-refractivity contribution in [1.82, 2.24) is 14.8 Å². The van der Waals surface area contributed by atoms with Crippen LogP contribution in [0.15, 0.2) is 64.5 Å². The maximum absolute atomic E-state index is 12.6. The molecule has 6 nitrogen and oxygen atoms in total. The lowest BCUT2D eigenvalue weighted by molar-refractivity contribution is 0.102. The van der Waals surface area contributed by atoms with Crippen LogP contribution in [0.4, 0.5) is 5.82 Å². The summed E-state index contributed by atoms with van der Waals surface area (Å²) in [6.07, 6.45) is 0. The standard InChI is InChI=1S/C21H17BrN4O2S/c1-26-19(24-20(27)15-8-3-4-9-16(15)22)11-17(25-26)21-23-18(12-29-21)13-6-5-7-14(10-13)28-2/h3-12H,1-2H3,(H,24,27). The third-order valence-corrected chi connectivity index (χ3v) is 5.88. The number of rotatable bonds is 5. The van der Waals surface area contributed by atoms with Crippen molar-refractivity contribution in [3.63, 3.8) is 0 Å². The van der Waals surface area contributed by atoms with Crippen LogP contribution in [-0.4, -0.2) is 27.8 Å². The number of carbonyl (C=O) groups is 1. The van der Waals surface area contributed by atoms with E-state index in [0.717, 1.165) is 26.5 Å². The van der Waals surface area contributed by atoms with Crippen LogP contribution in [0.5, 0.6) is 5.75 Å². The summed E-state index contributed by atoms with van der Waals surface area (Å²) >= 11 is 4.91. The zero-order valence-electron chi connectivity index (χ0n) is 15.7. The molecule has 2 aromatic heterocycles. The zero-order valence-corrected chi connectivity index (χ0v) is 18.1. The molecule has 4 aromatic rings. The van der Waals surface area contributed by atoms with Crippen molar-refractivity contribution in [2.45, 2.75) is 0 Å². The van der Waals surface area contributed by atoms with Crippen LogP contribution in [0.3, 0.4) is 0 Å². The number of thiazole rings is 1. The molecule has 2 heterocycles. The highest BCUT2D eigenvalue weighted by Crippen LogP contribution is 2.31. The number of hydrogen-bond donors (Lipinski definition) is 1. The quantitative estimate of drug-likeness (QED) is 0.435. The molecule has 0 saturated heterocycles. The van der Waals surface area contributed by atoms with Gasteiger partial charge in [-0.1, -0.05) is 24.3 Å². The molecule has 0 saturated carbocycles. The van der Waals surface area contributed by atoms with Gasteiger partial charge in [-0.15, -0.1) is 11.3 Å². The summed E-state index contributed by atoms with van der Waals surface area (Å²) in [5.41, 5.74) is 3.09. The fraction of sp³-hybridized carbons (Fsp3) is 0.0952. The second kappa shape index (κ2) is 8.18. The Labute approximate surface area is 180 Å². The van der Waals surface area contributed by atoms with Gasteiger partial charge in [0.15, 0.2) is 0 Å². The molecule has 0 bridgehead atoms. The van der Waals surface area contributed by atoms with Gasteiger partial charge in [-0.2, -0.15) is 5.10 Å². The average Bonchev–Trinajstić information content (AvgIpc) is 3.36. The van der Waals surface area contributed by atoms with Gasteiger partial charge >= 0.3 is 0 Å². The van der Waals surface area contributed by atoms with E-state index >= 15 is 0 Å². The fourth-order valence-corrected chi connectivity index (χ4v) is 4.07. The topological polar surface area (TPSA) is 69.0 Å². The summed E-state index contributed by atoms with van der Waals surface area (Å²) in [5, 5.41) is 10.2. The fourth-order valence-electron chi connectivity index (χ4n) is 2.82. The predicted molar refractivity (Wildman–Crippen MR) is 118 cm³/mol. The molecule has 0 aliphatic carbocycles. The first kappa shape index (κ1) is 19.4. The van der Waals surface area contributed by atoms with Crippen LogP contribution < -0.4 is 10.1 Å². The maximum atomic E-state index is 12.6. The Morgan fingerprint density at radius 3 is 2.76 bits per heavy atom. The summed E-state index contributed by atoms with van der Waals surface area (Å²) in [6.45, 7) is 0.